The summed E-state index contributed by atoms with van der Waals surface area (Å²) in [6.45, 7) is 4.93. The molecule has 1 aromatic carbocycles. The van der Waals surface area contributed by atoms with Crippen molar-refractivity contribution in [1.82, 2.24) is 19.7 Å². The Bertz CT molecular complexity index is 924. The van der Waals surface area contributed by atoms with Crippen molar-refractivity contribution in [3.8, 4) is 0 Å². The van der Waals surface area contributed by atoms with Crippen molar-refractivity contribution in [2.45, 2.75) is 13.0 Å². The average molecular weight is 397 g/mol. The normalized spacial score (nSPS) is 18.0. The number of aliphatic hydroxyl groups is 1. The van der Waals surface area contributed by atoms with Crippen LogP contribution in [0.25, 0.3) is 10.9 Å². The van der Waals surface area contributed by atoms with E-state index in [-0.39, 0.29) is 25.0 Å². The lowest BCUT2D eigenvalue weighted by molar-refractivity contribution is -0.119. The Morgan fingerprint density at radius 1 is 1.07 bits per heavy atom. The topological polar surface area (TPSA) is 103 Å². The van der Waals surface area contributed by atoms with Gasteiger partial charge in [-0.2, -0.15) is 0 Å². The quantitative estimate of drug-likeness (QED) is 0.726. The minimum Gasteiger partial charge on any atom is -0.395 e. The lowest BCUT2D eigenvalue weighted by Crippen LogP contribution is -2.49. The summed E-state index contributed by atoms with van der Waals surface area (Å²) in [6.07, 6.45) is 0.692. The van der Waals surface area contributed by atoms with Crippen LogP contribution in [0.2, 0.25) is 0 Å². The fraction of sp³-hybridized carbons (Fsp3) is 0.476. The van der Waals surface area contributed by atoms with Gasteiger partial charge in [-0.3, -0.25) is 24.4 Å². The average Bonchev–Trinajstić information content (AvgIpc) is 2.72. The fourth-order valence-electron chi connectivity index (χ4n) is 4.32. The SMILES string of the molecule is NC(=O)CN1CCc2nc3ccccc3c(C(=O)N3CCN(CCO)CC3)c2C1. The molecule has 2 amide bonds. The Labute approximate surface area is 169 Å². The number of amides is 2. The van der Waals surface area contributed by atoms with E-state index in [2.05, 4.69) is 4.90 Å². The van der Waals surface area contributed by atoms with Crippen LogP contribution in [0.5, 0.6) is 0 Å². The van der Waals surface area contributed by atoms with Crippen LogP contribution in [-0.2, 0) is 17.8 Å². The van der Waals surface area contributed by atoms with Gasteiger partial charge in [-0.05, 0) is 6.07 Å². The zero-order valence-corrected chi connectivity index (χ0v) is 16.5. The highest BCUT2D eigenvalue weighted by Gasteiger charge is 2.30. The second-order valence-electron chi connectivity index (χ2n) is 7.71. The first kappa shape index (κ1) is 19.8. The lowest BCUT2D eigenvalue weighted by Gasteiger charge is -2.36. The Morgan fingerprint density at radius 3 is 2.55 bits per heavy atom. The molecule has 0 bridgehead atoms. The van der Waals surface area contributed by atoms with Gasteiger partial charge in [0.15, 0.2) is 0 Å². The summed E-state index contributed by atoms with van der Waals surface area (Å²) < 4.78 is 0. The summed E-state index contributed by atoms with van der Waals surface area (Å²) in [4.78, 5) is 35.9. The van der Waals surface area contributed by atoms with Gasteiger partial charge in [0.1, 0.15) is 0 Å². The van der Waals surface area contributed by atoms with Crippen LogP contribution >= 0.6 is 0 Å². The molecule has 0 spiro atoms. The molecule has 29 heavy (non-hydrogen) atoms. The van der Waals surface area contributed by atoms with Crippen LogP contribution < -0.4 is 5.73 Å². The maximum atomic E-state index is 13.6. The van der Waals surface area contributed by atoms with Gasteiger partial charge >= 0.3 is 0 Å². The maximum Gasteiger partial charge on any atom is 0.255 e. The molecule has 0 unspecified atom stereocenters. The molecule has 1 saturated heterocycles. The number of benzene rings is 1. The predicted molar refractivity (Wildman–Crippen MR) is 109 cm³/mol. The Hall–Kier alpha value is -2.55. The molecule has 0 atom stereocenters. The molecule has 1 fully saturated rings. The van der Waals surface area contributed by atoms with Gasteiger partial charge in [0.05, 0.1) is 24.2 Å². The highest BCUT2D eigenvalue weighted by atomic mass is 16.3. The highest BCUT2D eigenvalue weighted by Crippen LogP contribution is 2.29. The Morgan fingerprint density at radius 2 is 1.83 bits per heavy atom. The smallest absolute Gasteiger partial charge is 0.255 e. The molecule has 0 radical (unpaired) electrons. The summed E-state index contributed by atoms with van der Waals surface area (Å²) in [7, 11) is 0. The Balaban J connectivity index is 1.69. The van der Waals surface area contributed by atoms with Crippen LogP contribution in [0.1, 0.15) is 21.6 Å². The monoisotopic (exact) mass is 397 g/mol. The summed E-state index contributed by atoms with van der Waals surface area (Å²) in [6, 6.07) is 7.76. The summed E-state index contributed by atoms with van der Waals surface area (Å²) in [5.74, 6) is -0.348. The van der Waals surface area contributed by atoms with E-state index >= 15 is 0 Å². The van der Waals surface area contributed by atoms with E-state index in [1.54, 1.807) is 0 Å². The molecule has 2 aliphatic heterocycles. The predicted octanol–water partition coefficient (Wildman–Crippen LogP) is -0.172. The van der Waals surface area contributed by atoms with Gasteiger partial charge in [-0.1, -0.05) is 18.2 Å². The minimum absolute atomic E-state index is 0.0180. The first-order valence-corrected chi connectivity index (χ1v) is 10.1. The van der Waals surface area contributed by atoms with Crippen molar-refractivity contribution >= 4 is 22.7 Å². The number of piperazine rings is 1. The summed E-state index contributed by atoms with van der Waals surface area (Å²) >= 11 is 0. The fourth-order valence-corrected chi connectivity index (χ4v) is 4.32. The van der Waals surface area contributed by atoms with E-state index in [0.717, 1.165) is 35.2 Å². The number of hydrogen-bond acceptors (Lipinski definition) is 6. The van der Waals surface area contributed by atoms with E-state index in [0.29, 0.717) is 44.7 Å². The number of para-hydroxylation sites is 1. The number of pyridine rings is 1. The molecule has 3 heterocycles. The van der Waals surface area contributed by atoms with Crippen molar-refractivity contribution < 1.29 is 14.7 Å². The number of rotatable bonds is 5. The highest BCUT2D eigenvalue weighted by molar-refractivity contribution is 6.07. The molecule has 0 saturated carbocycles. The van der Waals surface area contributed by atoms with E-state index in [9.17, 15) is 9.59 Å². The number of carbonyl (C=O) groups is 2. The maximum absolute atomic E-state index is 13.6. The number of aromatic nitrogens is 1. The van der Waals surface area contributed by atoms with Crippen molar-refractivity contribution in [1.29, 1.82) is 0 Å². The Kier molecular flexibility index (Phi) is 5.75. The largest absolute Gasteiger partial charge is 0.395 e. The second kappa shape index (κ2) is 8.44. The van der Waals surface area contributed by atoms with Gasteiger partial charge in [0.25, 0.3) is 5.91 Å². The van der Waals surface area contributed by atoms with E-state index < -0.39 is 0 Å². The molecule has 3 N–H and O–H groups in total. The number of carbonyl (C=O) groups excluding carboxylic acids is 2. The van der Waals surface area contributed by atoms with Crippen molar-refractivity contribution in [2.75, 3.05) is 52.4 Å². The van der Waals surface area contributed by atoms with Crippen molar-refractivity contribution in [2.24, 2.45) is 5.73 Å². The number of fused-ring (bicyclic) bond motifs is 2. The number of hydrogen-bond donors (Lipinski definition) is 2. The van der Waals surface area contributed by atoms with Gasteiger partial charge in [-0.15, -0.1) is 0 Å². The van der Waals surface area contributed by atoms with Gasteiger partial charge in [-0.25, -0.2) is 0 Å². The summed E-state index contributed by atoms with van der Waals surface area (Å²) in [5.41, 5.74) is 8.78. The molecule has 154 valence electrons. The number of nitrogens with two attached hydrogens (primary N) is 1. The molecule has 8 nitrogen and oxygen atoms in total. The zero-order chi connectivity index (χ0) is 20.4. The van der Waals surface area contributed by atoms with Crippen LogP contribution in [0.3, 0.4) is 0 Å². The zero-order valence-electron chi connectivity index (χ0n) is 16.5. The third-order valence-electron chi connectivity index (χ3n) is 5.79. The van der Waals surface area contributed by atoms with E-state index in [1.165, 1.54) is 0 Å². The molecular weight excluding hydrogens is 370 g/mol. The third kappa shape index (κ3) is 4.10. The van der Waals surface area contributed by atoms with Gasteiger partial charge in [0, 0.05) is 68.9 Å². The number of aliphatic hydroxyl groups excluding tert-OH is 1. The molecule has 8 heteroatoms. The van der Waals surface area contributed by atoms with Crippen LogP contribution in [0.15, 0.2) is 24.3 Å². The minimum atomic E-state index is -0.366. The number of β-amino-alcohol motifs (C(OH)–C–C–N with tert-alkyl or cyclic N) is 1. The third-order valence-corrected chi connectivity index (χ3v) is 5.79. The van der Waals surface area contributed by atoms with Crippen LogP contribution in [0, 0.1) is 0 Å². The van der Waals surface area contributed by atoms with Crippen LogP contribution in [0.4, 0.5) is 0 Å². The van der Waals surface area contributed by atoms with E-state index in [4.69, 9.17) is 15.8 Å². The molecule has 1 aromatic heterocycles. The van der Waals surface area contributed by atoms with Gasteiger partial charge < -0.3 is 15.7 Å². The first-order chi connectivity index (χ1) is 14.1. The summed E-state index contributed by atoms with van der Waals surface area (Å²) in [5, 5.41) is 10.00. The van der Waals surface area contributed by atoms with Crippen LogP contribution in [-0.4, -0.2) is 89.0 Å². The molecule has 0 aliphatic carbocycles. The molecular formula is C21H27N5O3. The molecule has 4 rings (SSSR count). The standard InChI is InChI=1S/C21H27N5O3/c22-19(28)14-25-6-5-18-16(13-25)20(15-3-1-2-4-17(15)23-18)21(29)26-9-7-24(8-10-26)11-12-27/h1-4,27H,5-14H2,(H2,22,28). The number of primary amides is 1. The van der Waals surface area contributed by atoms with Gasteiger partial charge in [0.2, 0.25) is 5.91 Å². The molecule has 2 aromatic rings. The molecule has 2 aliphatic rings. The second-order valence-corrected chi connectivity index (χ2v) is 7.71. The lowest BCUT2D eigenvalue weighted by atomic mass is 9.94. The van der Waals surface area contributed by atoms with Crippen molar-refractivity contribution in [3.63, 3.8) is 0 Å². The first-order valence-electron chi connectivity index (χ1n) is 10.1. The van der Waals surface area contributed by atoms with Crippen molar-refractivity contribution in [3.05, 3.63) is 41.1 Å². The van der Waals surface area contributed by atoms with E-state index in [1.807, 2.05) is 34.1 Å². The number of nitrogens with zero attached hydrogens (tertiary/aromatic N) is 4.